The van der Waals surface area contributed by atoms with Gasteiger partial charge in [0.15, 0.2) is 11.5 Å². The van der Waals surface area contributed by atoms with Crippen LogP contribution in [0.1, 0.15) is 23.1 Å². The lowest BCUT2D eigenvalue weighted by atomic mass is 9.97. The highest BCUT2D eigenvalue weighted by Crippen LogP contribution is 2.32. The number of hydrogen-bond acceptors (Lipinski definition) is 4. The molecular weight excluding hydrogens is 368 g/mol. The summed E-state index contributed by atoms with van der Waals surface area (Å²) in [4.78, 5) is 28.7. The molecule has 148 valence electrons. The zero-order valence-electron chi connectivity index (χ0n) is 16.4. The molecule has 6 nitrogen and oxygen atoms in total. The van der Waals surface area contributed by atoms with E-state index < -0.39 is 0 Å². The molecule has 2 heterocycles. The fourth-order valence-corrected chi connectivity index (χ4v) is 3.45. The van der Waals surface area contributed by atoms with E-state index in [0.29, 0.717) is 24.5 Å². The zero-order valence-corrected chi connectivity index (χ0v) is 16.4. The van der Waals surface area contributed by atoms with Gasteiger partial charge in [0.25, 0.3) is 5.91 Å². The van der Waals surface area contributed by atoms with Crippen molar-refractivity contribution in [2.45, 2.75) is 20.3 Å². The van der Waals surface area contributed by atoms with Gasteiger partial charge < -0.3 is 14.8 Å². The lowest BCUT2D eigenvalue weighted by molar-refractivity contribution is -0.121. The predicted octanol–water partition coefficient (Wildman–Crippen LogP) is 1.81. The van der Waals surface area contributed by atoms with Crippen LogP contribution in [0.4, 0.5) is 0 Å². The monoisotopic (exact) mass is 390 g/mol. The number of fused-ring (bicyclic) bond motifs is 2. The Morgan fingerprint density at radius 3 is 2.83 bits per heavy atom. The number of hydrogen-bond donors (Lipinski definition) is 1. The van der Waals surface area contributed by atoms with Crippen LogP contribution in [-0.2, 0) is 9.59 Å². The van der Waals surface area contributed by atoms with Crippen molar-refractivity contribution in [1.82, 2.24) is 5.32 Å². The minimum absolute atomic E-state index is 0.156. The Morgan fingerprint density at radius 1 is 1.17 bits per heavy atom. The number of carbonyl (C=O) groups is 2. The second-order valence-electron chi connectivity index (χ2n) is 7.21. The number of carbonyl (C=O) groups excluding carboxylic acids is 2. The van der Waals surface area contributed by atoms with Crippen molar-refractivity contribution >= 4 is 24.0 Å². The third kappa shape index (κ3) is 4.06. The smallest absolute Gasteiger partial charge is 0.253 e. The van der Waals surface area contributed by atoms with Crippen molar-refractivity contribution in [2.75, 3.05) is 13.3 Å². The lowest BCUT2D eigenvalue weighted by Gasteiger charge is -2.14. The van der Waals surface area contributed by atoms with E-state index in [2.05, 4.69) is 10.3 Å². The number of ether oxygens (including phenoxy) is 2. The first-order valence-electron chi connectivity index (χ1n) is 9.57. The molecule has 1 atom stereocenters. The van der Waals surface area contributed by atoms with Crippen molar-refractivity contribution in [3.63, 3.8) is 0 Å². The second-order valence-corrected chi connectivity index (χ2v) is 7.21. The molecule has 0 spiro atoms. The summed E-state index contributed by atoms with van der Waals surface area (Å²) < 4.78 is 10.6. The van der Waals surface area contributed by atoms with E-state index in [1.807, 2.05) is 50.3 Å². The van der Waals surface area contributed by atoms with Gasteiger partial charge in [-0.2, -0.15) is 0 Å². The molecule has 2 aromatic rings. The third-order valence-corrected chi connectivity index (χ3v) is 5.12. The van der Waals surface area contributed by atoms with Crippen LogP contribution < -0.4 is 25.4 Å². The molecule has 0 saturated carbocycles. The van der Waals surface area contributed by atoms with E-state index in [1.165, 1.54) is 6.08 Å². The van der Waals surface area contributed by atoms with Crippen LogP contribution in [0.25, 0.3) is 12.2 Å². The standard InChI is InChI=1S/C23H22N2O4/c1-14-3-4-15(2)22-18(14)12-17(23(27)25-22)9-10-24-21(26)8-6-16-5-7-19-20(11-16)29-13-28-19/h3-8,11-12,17H,9-10,13H2,1-2H3,(H,24,26)/b8-6+. The fourth-order valence-electron chi connectivity index (χ4n) is 3.45. The van der Waals surface area contributed by atoms with Crippen LogP contribution in [0, 0.1) is 19.8 Å². The maximum atomic E-state index is 12.4. The van der Waals surface area contributed by atoms with Gasteiger partial charge in [0, 0.05) is 17.8 Å². The summed E-state index contributed by atoms with van der Waals surface area (Å²) in [5.74, 6) is 0.693. The molecule has 0 aliphatic carbocycles. The molecule has 4 rings (SSSR count). The van der Waals surface area contributed by atoms with Crippen LogP contribution in [0.15, 0.2) is 41.4 Å². The molecule has 2 aromatic carbocycles. The molecule has 2 aliphatic heterocycles. The second kappa shape index (κ2) is 7.91. The highest BCUT2D eigenvalue weighted by atomic mass is 16.7. The summed E-state index contributed by atoms with van der Waals surface area (Å²) in [6, 6.07) is 9.51. The lowest BCUT2D eigenvalue weighted by Crippen LogP contribution is -2.38. The Balaban J connectivity index is 1.35. The topological polar surface area (TPSA) is 77.0 Å². The van der Waals surface area contributed by atoms with Crippen LogP contribution in [0.3, 0.4) is 0 Å². The number of nitrogens with one attached hydrogen (secondary N) is 1. The largest absolute Gasteiger partial charge is 0.454 e. The van der Waals surface area contributed by atoms with Gasteiger partial charge in [0.1, 0.15) is 0 Å². The minimum atomic E-state index is -0.318. The van der Waals surface area contributed by atoms with Crippen molar-refractivity contribution in [1.29, 1.82) is 0 Å². The van der Waals surface area contributed by atoms with E-state index in [9.17, 15) is 9.59 Å². The van der Waals surface area contributed by atoms with Crippen LogP contribution in [0.5, 0.6) is 11.5 Å². The Hall–Kier alpha value is -3.41. The molecule has 0 fully saturated rings. The van der Waals surface area contributed by atoms with Gasteiger partial charge in [0.2, 0.25) is 12.7 Å². The Bertz CT molecular complexity index is 1130. The van der Waals surface area contributed by atoms with E-state index >= 15 is 0 Å². The maximum absolute atomic E-state index is 12.4. The highest BCUT2D eigenvalue weighted by Gasteiger charge is 2.19. The molecule has 0 saturated heterocycles. The van der Waals surface area contributed by atoms with E-state index in [0.717, 1.165) is 27.3 Å². The Kier molecular flexibility index (Phi) is 5.16. The number of benzene rings is 2. The third-order valence-electron chi connectivity index (χ3n) is 5.12. The Labute approximate surface area is 168 Å². The maximum Gasteiger partial charge on any atom is 0.253 e. The summed E-state index contributed by atoms with van der Waals surface area (Å²) in [5, 5.41) is 4.61. The normalized spacial score (nSPS) is 16.9. The summed E-state index contributed by atoms with van der Waals surface area (Å²) in [6.07, 6.45) is 5.67. The van der Waals surface area contributed by atoms with Gasteiger partial charge in [0.05, 0.1) is 11.3 Å². The van der Waals surface area contributed by atoms with Gasteiger partial charge in [-0.3, -0.25) is 9.59 Å². The summed E-state index contributed by atoms with van der Waals surface area (Å²) in [5.41, 5.74) is 2.94. The number of rotatable bonds is 5. The van der Waals surface area contributed by atoms with Gasteiger partial charge in [-0.15, -0.1) is 0 Å². The summed E-state index contributed by atoms with van der Waals surface area (Å²) in [7, 11) is 0. The predicted molar refractivity (Wildman–Crippen MR) is 109 cm³/mol. The number of nitrogens with zero attached hydrogens (tertiary/aromatic N) is 1. The first kappa shape index (κ1) is 18.9. The molecular formula is C23H22N2O4. The SMILES string of the molecule is Cc1ccc(C)c2c1=CC(CCNC(=O)/C=C/c1ccc3c(c1)OCO3)C(=O)N=2. The highest BCUT2D eigenvalue weighted by molar-refractivity contribution is 5.92. The van der Waals surface area contributed by atoms with Crippen molar-refractivity contribution in [2.24, 2.45) is 10.9 Å². The molecule has 1 N–H and O–H groups in total. The van der Waals surface area contributed by atoms with Crippen LogP contribution in [0.2, 0.25) is 0 Å². The van der Waals surface area contributed by atoms with Gasteiger partial charge in [-0.1, -0.05) is 24.3 Å². The van der Waals surface area contributed by atoms with Gasteiger partial charge in [-0.05, 0) is 55.2 Å². The molecule has 29 heavy (non-hydrogen) atoms. The van der Waals surface area contributed by atoms with E-state index in [4.69, 9.17) is 9.47 Å². The molecule has 0 bridgehead atoms. The first-order valence-corrected chi connectivity index (χ1v) is 9.57. The van der Waals surface area contributed by atoms with Crippen molar-refractivity contribution < 1.29 is 19.1 Å². The summed E-state index contributed by atoms with van der Waals surface area (Å²) in [6.45, 7) is 4.58. The molecule has 0 radical (unpaired) electrons. The zero-order chi connectivity index (χ0) is 20.4. The average molecular weight is 390 g/mol. The molecule has 6 heteroatoms. The first-order chi connectivity index (χ1) is 14.0. The Morgan fingerprint density at radius 2 is 1.97 bits per heavy atom. The van der Waals surface area contributed by atoms with Crippen LogP contribution >= 0.6 is 0 Å². The van der Waals surface area contributed by atoms with Crippen molar-refractivity contribution in [3.8, 4) is 11.5 Å². The fraction of sp³-hybridized carbons (Fsp3) is 0.261. The van der Waals surface area contributed by atoms with Gasteiger partial charge >= 0.3 is 0 Å². The van der Waals surface area contributed by atoms with Gasteiger partial charge in [-0.25, -0.2) is 4.99 Å². The average Bonchev–Trinajstić information content (AvgIpc) is 3.18. The van der Waals surface area contributed by atoms with E-state index in [-0.39, 0.29) is 24.5 Å². The van der Waals surface area contributed by atoms with E-state index in [1.54, 1.807) is 6.08 Å². The van der Waals surface area contributed by atoms with Crippen molar-refractivity contribution in [3.05, 3.63) is 63.7 Å². The quantitative estimate of drug-likeness (QED) is 0.790. The molecule has 1 unspecified atom stereocenters. The number of amides is 2. The molecule has 2 amide bonds. The van der Waals surface area contributed by atoms with Crippen LogP contribution in [-0.4, -0.2) is 25.2 Å². The molecule has 2 aliphatic rings. The summed E-state index contributed by atoms with van der Waals surface area (Å²) >= 11 is 0. The molecule has 0 aromatic heterocycles. The number of aryl methyl sites for hydroxylation is 2. The minimum Gasteiger partial charge on any atom is -0.454 e.